The van der Waals surface area contributed by atoms with Crippen LogP contribution in [0.5, 0.6) is 0 Å². The number of carbonyl (C=O) groups excluding carboxylic acids is 2. The number of benzene rings is 2. The van der Waals surface area contributed by atoms with Crippen LogP contribution in [0.2, 0.25) is 0 Å². The van der Waals surface area contributed by atoms with Gasteiger partial charge in [0.25, 0.3) is 11.8 Å². The van der Waals surface area contributed by atoms with E-state index in [0.29, 0.717) is 11.1 Å². The fraction of sp³-hybridized carbons (Fsp3) is 0.143. The normalized spacial score (nSPS) is 12.4. The van der Waals surface area contributed by atoms with Crippen LogP contribution in [-0.2, 0) is 0 Å². The van der Waals surface area contributed by atoms with Crippen molar-refractivity contribution in [1.82, 2.24) is 20.6 Å². The van der Waals surface area contributed by atoms with E-state index in [2.05, 4.69) is 20.6 Å². The molecule has 2 aromatic heterocycles. The first-order chi connectivity index (χ1) is 16.5. The Morgan fingerprint density at radius 1 is 0.559 bits per heavy atom. The van der Waals surface area contributed by atoms with Crippen molar-refractivity contribution in [2.45, 2.75) is 25.9 Å². The Bertz CT molecular complexity index is 1140. The minimum absolute atomic E-state index is 0.231. The van der Waals surface area contributed by atoms with Gasteiger partial charge in [0.1, 0.15) is 0 Å². The van der Waals surface area contributed by atoms with Gasteiger partial charge >= 0.3 is 0 Å². The number of nitrogens with zero attached hydrogens (tertiary/aromatic N) is 2. The number of amides is 2. The Morgan fingerprint density at radius 2 is 0.882 bits per heavy atom. The fourth-order valence-corrected chi connectivity index (χ4v) is 3.72. The molecule has 4 aromatic rings. The molecular weight excluding hydrogens is 424 g/mol. The smallest absolute Gasteiger partial charge is 0.251 e. The number of hydrogen-bond acceptors (Lipinski definition) is 4. The Kier molecular flexibility index (Phi) is 7.08. The topological polar surface area (TPSA) is 84.0 Å². The number of aryl methyl sites for hydroxylation is 2. The summed E-state index contributed by atoms with van der Waals surface area (Å²) in [4.78, 5) is 34.7. The van der Waals surface area contributed by atoms with Crippen molar-refractivity contribution < 1.29 is 9.59 Å². The molecule has 2 amide bonds. The highest BCUT2D eigenvalue weighted by atomic mass is 16.2. The molecule has 0 bridgehead atoms. The van der Waals surface area contributed by atoms with Gasteiger partial charge < -0.3 is 10.6 Å². The van der Waals surface area contributed by atoms with Crippen LogP contribution in [0.4, 0.5) is 0 Å². The van der Waals surface area contributed by atoms with Crippen LogP contribution in [0, 0.1) is 13.8 Å². The summed E-state index contributed by atoms with van der Waals surface area (Å²) in [6.45, 7) is 3.95. The number of hydrogen-bond donors (Lipinski definition) is 2. The first-order valence-electron chi connectivity index (χ1n) is 11.1. The standard InChI is InChI=1S/C28H26N4O2/c1-19-3-7-23(8-4-19)27(33)31-25(21-11-15-29-16-12-21)26(22-13-17-30-18-14-22)32-28(34)24-9-5-20(2)6-10-24/h3-18,25-26H,1-2H3,(H,31,33)(H,32,34). The lowest BCUT2D eigenvalue weighted by Gasteiger charge is -2.30. The van der Waals surface area contributed by atoms with Gasteiger partial charge in [-0.3, -0.25) is 19.6 Å². The van der Waals surface area contributed by atoms with Crippen LogP contribution in [0.3, 0.4) is 0 Å². The number of carbonyl (C=O) groups is 2. The molecule has 170 valence electrons. The van der Waals surface area contributed by atoms with Crippen molar-refractivity contribution >= 4 is 11.8 Å². The summed E-state index contributed by atoms with van der Waals surface area (Å²) >= 11 is 0. The Labute approximate surface area is 199 Å². The number of nitrogens with one attached hydrogen (secondary N) is 2. The molecule has 2 heterocycles. The molecule has 0 aliphatic carbocycles. The van der Waals surface area contributed by atoms with E-state index in [-0.39, 0.29) is 11.8 Å². The van der Waals surface area contributed by atoms with Crippen LogP contribution in [-0.4, -0.2) is 21.8 Å². The zero-order valence-electron chi connectivity index (χ0n) is 19.1. The molecule has 2 atom stereocenters. The third kappa shape index (κ3) is 5.53. The van der Waals surface area contributed by atoms with Crippen LogP contribution < -0.4 is 10.6 Å². The van der Waals surface area contributed by atoms with E-state index in [1.165, 1.54) is 0 Å². The van der Waals surface area contributed by atoms with Crippen LogP contribution in [0.15, 0.2) is 97.6 Å². The Morgan fingerprint density at radius 3 is 1.21 bits per heavy atom. The lowest BCUT2D eigenvalue weighted by atomic mass is 9.93. The molecule has 0 fully saturated rings. The van der Waals surface area contributed by atoms with E-state index in [9.17, 15) is 9.59 Å². The second-order valence-corrected chi connectivity index (χ2v) is 8.20. The molecule has 0 saturated heterocycles. The van der Waals surface area contributed by atoms with Gasteiger partial charge in [-0.2, -0.15) is 0 Å². The van der Waals surface area contributed by atoms with Gasteiger partial charge in [-0.1, -0.05) is 35.4 Å². The van der Waals surface area contributed by atoms with E-state index in [0.717, 1.165) is 22.3 Å². The minimum atomic E-state index is -0.548. The van der Waals surface area contributed by atoms with E-state index >= 15 is 0 Å². The highest BCUT2D eigenvalue weighted by Gasteiger charge is 2.29. The third-order valence-electron chi connectivity index (χ3n) is 5.66. The highest BCUT2D eigenvalue weighted by Crippen LogP contribution is 2.29. The Hall–Kier alpha value is -4.32. The van der Waals surface area contributed by atoms with Crippen molar-refractivity contribution in [2.75, 3.05) is 0 Å². The molecule has 2 aromatic carbocycles. The zero-order valence-corrected chi connectivity index (χ0v) is 19.1. The van der Waals surface area contributed by atoms with Crippen molar-refractivity contribution in [3.05, 3.63) is 131 Å². The summed E-state index contributed by atoms with van der Waals surface area (Å²) < 4.78 is 0. The molecule has 6 nitrogen and oxygen atoms in total. The van der Waals surface area contributed by atoms with Gasteiger partial charge in [-0.05, 0) is 73.5 Å². The van der Waals surface area contributed by atoms with Crippen molar-refractivity contribution in [3.8, 4) is 0 Å². The first-order valence-corrected chi connectivity index (χ1v) is 11.1. The maximum absolute atomic E-state index is 13.2. The lowest BCUT2D eigenvalue weighted by molar-refractivity contribution is 0.0881. The summed E-state index contributed by atoms with van der Waals surface area (Å²) in [5.74, 6) is -0.462. The summed E-state index contributed by atoms with van der Waals surface area (Å²) in [5, 5.41) is 6.26. The maximum Gasteiger partial charge on any atom is 0.251 e. The summed E-state index contributed by atoms with van der Waals surface area (Å²) in [5.41, 5.74) is 4.87. The van der Waals surface area contributed by atoms with Crippen LogP contribution >= 0.6 is 0 Å². The molecule has 0 aliphatic heterocycles. The van der Waals surface area contributed by atoms with Gasteiger partial charge in [0.15, 0.2) is 0 Å². The molecule has 4 rings (SSSR count). The first kappa shape index (κ1) is 22.9. The molecule has 0 saturated carbocycles. The molecule has 0 radical (unpaired) electrons. The van der Waals surface area contributed by atoms with E-state index < -0.39 is 12.1 Å². The molecule has 2 unspecified atom stereocenters. The van der Waals surface area contributed by atoms with Crippen LogP contribution in [0.25, 0.3) is 0 Å². The van der Waals surface area contributed by atoms with Gasteiger partial charge in [-0.25, -0.2) is 0 Å². The molecular formula is C28H26N4O2. The lowest BCUT2D eigenvalue weighted by Crippen LogP contribution is -2.41. The summed E-state index contributed by atoms with van der Waals surface area (Å²) in [6.07, 6.45) is 6.69. The molecule has 34 heavy (non-hydrogen) atoms. The molecule has 2 N–H and O–H groups in total. The minimum Gasteiger partial charge on any atom is -0.343 e. The van der Waals surface area contributed by atoms with Crippen LogP contribution in [0.1, 0.15) is 55.1 Å². The van der Waals surface area contributed by atoms with Gasteiger partial charge in [0.2, 0.25) is 0 Å². The average molecular weight is 451 g/mol. The summed E-state index contributed by atoms with van der Waals surface area (Å²) in [6, 6.07) is 21.0. The molecule has 6 heteroatoms. The number of rotatable bonds is 7. The fourth-order valence-electron chi connectivity index (χ4n) is 3.72. The van der Waals surface area contributed by atoms with E-state index in [1.54, 1.807) is 49.1 Å². The average Bonchev–Trinajstić information content (AvgIpc) is 2.87. The van der Waals surface area contributed by atoms with E-state index in [1.807, 2.05) is 62.4 Å². The zero-order chi connectivity index (χ0) is 23.9. The van der Waals surface area contributed by atoms with Crippen molar-refractivity contribution in [2.24, 2.45) is 0 Å². The SMILES string of the molecule is Cc1ccc(C(=O)NC(c2ccncc2)C(NC(=O)c2ccc(C)cc2)c2ccncc2)cc1. The quantitative estimate of drug-likeness (QED) is 0.426. The highest BCUT2D eigenvalue weighted by molar-refractivity contribution is 5.95. The number of pyridine rings is 2. The van der Waals surface area contributed by atoms with Crippen molar-refractivity contribution in [3.63, 3.8) is 0 Å². The number of aromatic nitrogens is 2. The molecule has 0 aliphatic rings. The largest absolute Gasteiger partial charge is 0.343 e. The monoisotopic (exact) mass is 450 g/mol. The van der Waals surface area contributed by atoms with Gasteiger partial charge in [0.05, 0.1) is 12.1 Å². The second kappa shape index (κ2) is 10.5. The predicted octanol–water partition coefficient (Wildman–Crippen LogP) is 4.74. The third-order valence-corrected chi connectivity index (χ3v) is 5.66. The van der Waals surface area contributed by atoms with Gasteiger partial charge in [-0.15, -0.1) is 0 Å². The van der Waals surface area contributed by atoms with E-state index in [4.69, 9.17) is 0 Å². The predicted molar refractivity (Wildman–Crippen MR) is 131 cm³/mol. The Balaban J connectivity index is 1.71. The van der Waals surface area contributed by atoms with Crippen molar-refractivity contribution in [1.29, 1.82) is 0 Å². The van der Waals surface area contributed by atoms with Gasteiger partial charge in [0, 0.05) is 35.9 Å². The maximum atomic E-state index is 13.2. The second-order valence-electron chi connectivity index (χ2n) is 8.20. The molecule has 0 spiro atoms. The summed E-state index contributed by atoms with van der Waals surface area (Å²) in [7, 11) is 0.